The van der Waals surface area contributed by atoms with Crippen molar-refractivity contribution in [1.29, 1.82) is 0 Å². The summed E-state index contributed by atoms with van der Waals surface area (Å²) in [4.78, 5) is 16.3. The van der Waals surface area contributed by atoms with Gasteiger partial charge in [0.1, 0.15) is 61.1 Å². The zero-order valence-electron chi connectivity index (χ0n) is 37.4. The lowest BCUT2D eigenvalue weighted by molar-refractivity contribution is -0.400. The maximum Gasteiger partial charge on any atom is 0.338 e. The fourth-order valence-corrected chi connectivity index (χ4v) is 8.68. The van der Waals surface area contributed by atoms with Crippen molar-refractivity contribution in [3.8, 4) is 5.75 Å². The first-order chi connectivity index (χ1) is 33.5. The van der Waals surface area contributed by atoms with Gasteiger partial charge >= 0.3 is 5.97 Å². The van der Waals surface area contributed by atoms with Gasteiger partial charge in [0.15, 0.2) is 25.2 Å². The third-order valence-corrected chi connectivity index (χ3v) is 12.1. The van der Waals surface area contributed by atoms with Crippen LogP contribution < -0.4 is 4.74 Å². The van der Waals surface area contributed by atoms with Crippen LogP contribution in [0.1, 0.15) is 50.8 Å². The lowest BCUT2D eigenvalue weighted by Gasteiger charge is -2.52. The van der Waals surface area contributed by atoms with E-state index in [-0.39, 0.29) is 39.6 Å². The summed E-state index contributed by atoms with van der Waals surface area (Å²) in [5, 5.41) is 4.26. The third kappa shape index (κ3) is 11.1. The summed E-state index contributed by atoms with van der Waals surface area (Å²) < 4.78 is 77.7. The average Bonchev–Trinajstić information content (AvgIpc) is 3.40. The molecule has 5 aromatic rings. The van der Waals surface area contributed by atoms with E-state index in [1.165, 1.54) is 6.08 Å². The van der Waals surface area contributed by atoms with Crippen molar-refractivity contribution in [3.63, 3.8) is 0 Å². The lowest BCUT2D eigenvalue weighted by Crippen LogP contribution is -2.67. The molecule has 9 rings (SSSR count). The van der Waals surface area contributed by atoms with Gasteiger partial charge in [0, 0.05) is 16.0 Å². The number of rotatable bonds is 18. The summed E-state index contributed by atoms with van der Waals surface area (Å²) >= 11 is 0. The zero-order chi connectivity index (χ0) is 46.7. The minimum Gasteiger partial charge on any atom is -0.497 e. The topological polar surface area (TPSA) is 177 Å². The molecule has 0 spiro atoms. The Morgan fingerprint density at radius 2 is 1.22 bits per heavy atom. The van der Waals surface area contributed by atoms with Gasteiger partial charge in [-0.1, -0.05) is 139 Å². The van der Waals surface area contributed by atoms with Crippen LogP contribution in [-0.4, -0.2) is 94.2 Å². The molecule has 0 aromatic heterocycles. The lowest BCUT2D eigenvalue weighted by atomic mass is 9.94. The van der Waals surface area contributed by atoms with Crippen LogP contribution in [0.4, 0.5) is 0 Å². The van der Waals surface area contributed by atoms with Gasteiger partial charge in [-0.2, -0.15) is 0 Å². The monoisotopic (exact) mass is 927 g/mol. The second kappa shape index (κ2) is 22.9. The van der Waals surface area contributed by atoms with E-state index >= 15 is 0 Å². The normalized spacial score (nSPS) is 28.8. The molecule has 16 heteroatoms. The van der Waals surface area contributed by atoms with E-state index in [0.29, 0.717) is 16.9 Å². The molecule has 5 aromatic carbocycles. The van der Waals surface area contributed by atoms with Crippen LogP contribution in [0.3, 0.4) is 0 Å². The highest BCUT2D eigenvalue weighted by Crippen LogP contribution is 2.42. The van der Waals surface area contributed by atoms with Crippen LogP contribution in [0.15, 0.2) is 157 Å². The fraction of sp³-hybridized carbons (Fsp3) is 0.365. The molecule has 4 aliphatic rings. The van der Waals surface area contributed by atoms with Crippen LogP contribution in [0.5, 0.6) is 5.75 Å². The summed E-state index contributed by atoms with van der Waals surface area (Å²) in [7, 11) is 1.61. The number of hydrogen-bond acceptors (Lipinski definition) is 14. The number of esters is 1. The number of azide groups is 1. The minimum absolute atomic E-state index is 0.0322. The van der Waals surface area contributed by atoms with E-state index in [9.17, 15) is 10.3 Å². The second-order valence-corrected chi connectivity index (χ2v) is 16.5. The first-order valence-corrected chi connectivity index (χ1v) is 22.5. The summed E-state index contributed by atoms with van der Waals surface area (Å²) in [6.07, 6.45) is -8.37. The number of hydrogen-bond donors (Lipinski definition) is 0. The highest BCUT2D eigenvalue weighted by molar-refractivity contribution is 5.91. The van der Waals surface area contributed by atoms with Crippen molar-refractivity contribution in [2.75, 3.05) is 26.9 Å². The maximum atomic E-state index is 13.1. The van der Waals surface area contributed by atoms with Crippen molar-refractivity contribution < 1.29 is 61.6 Å². The van der Waals surface area contributed by atoms with Crippen LogP contribution in [0.2, 0.25) is 0 Å². The van der Waals surface area contributed by atoms with Crippen molar-refractivity contribution in [1.82, 2.24) is 0 Å². The van der Waals surface area contributed by atoms with Crippen molar-refractivity contribution in [2.24, 2.45) is 5.11 Å². The first-order valence-electron chi connectivity index (χ1n) is 22.5. The Bertz CT molecular complexity index is 2450. The van der Waals surface area contributed by atoms with Gasteiger partial charge in [-0.05, 0) is 40.4 Å². The molecule has 354 valence electrons. The van der Waals surface area contributed by atoms with E-state index in [1.807, 2.05) is 115 Å². The summed E-state index contributed by atoms with van der Waals surface area (Å²) in [6.45, 7) is 4.08. The van der Waals surface area contributed by atoms with Crippen molar-refractivity contribution in [3.05, 3.63) is 196 Å². The quantitative estimate of drug-likeness (QED) is 0.0269. The third-order valence-electron chi connectivity index (χ3n) is 12.1. The Balaban J connectivity index is 1.07. The molecule has 4 aliphatic heterocycles. The average molecular weight is 928 g/mol. The molecule has 0 N–H and O–H groups in total. The van der Waals surface area contributed by atoms with Crippen LogP contribution in [-0.2, 0) is 71.9 Å². The smallest absolute Gasteiger partial charge is 0.338 e. The molecule has 16 nitrogen and oxygen atoms in total. The molecule has 0 amide bonds. The maximum absolute atomic E-state index is 13.1. The van der Waals surface area contributed by atoms with Crippen molar-refractivity contribution >= 4 is 5.97 Å². The van der Waals surface area contributed by atoms with Gasteiger partial charge in [-0.3, -0.25) is 0 Å². The second-order valence-electron chi connectivity index (χ2n) is 16.5. The van der Waals surface area contributed by atoms with Gasteiger partial charge in [0.05, 0.1) is 45.7 Å². The van der Waals surface area contributed by atoms with Crippen LogP contribution in [0.25, 0.3) is 10.4 Å². The van der Waals surface area contributed by atoms with Crippen molar-refractivity contribution in [2.45, 2.75) is 93.8 Å². The van der Waals surface area contributed by atoms with Gasteiger partial charge < -0.3 is 56.8 Å². The Morgan fingerprint density at radius 1 is 0.662 bits per heavy atom. The Hall–Kier alpha value is -5.98. The van der Waals surface area contributed by atoms with Gasteiger partial charge in [0.2, 0.25) is 0 Å². The van der Waals surface area contributed by atoms with Gasteiger partial charge in [-0.25, -0.2) is 4.79 Å². The largest absolute Gasteiger partial charge is 0.497 e. The summed E-state index contributed by atoms with van der Waals surface area (Å²) in [6, 6.07) is 42.2. The molecule has 68 heavy (non-hydrogen) atoms. The Labute approximate surface area is 394 Å². The SMILES string of the molecule is C=CCOC(=O)c1ccccc1CO[C@H]1O[C@@H]2CO[C@@H](c3ccccc3)O[C@H]2[C@H](O[C@@H]2O[C@@H]3CO[C@@H](c4ccccc4)O[C@H]3[C@H](OCc3ccccc3)[C@@H]2OCc2ccc(OC)cc2)[C@H]1N=[N+]=[N-]. The molecule has 0 saturated carbocycles. The Kier molecular flexibility index (Phi) is 15.8. The number of carbonyl (C=O) groups excluding carboxylic acids is 1. The van der Waals surface area contributed by atoms with E-state index in [1.54, 1.807) is 31.4 Å². The number of fused-ring (bicyclic) bond motifs is 2. The molecule has 12 atom stereocenters. The highest BCUT2D eigenvalue weighted by Gasteiger charge is 2.56. The Morgan fingerprint density at radius 3 is 1.84 bits per heavy atom. The van der Waals surface area contributed by atoms with Gasteiger partial charge in [0.25, 0.3) is 0 Å². The number of nitrogens with zero attached hydrogens (tertiary/aromatic N) is 3. The standard InChI is InChI=1S/C52H53N3O13/c1-3-27-58-48(56)39-22-14-13-21-37(39)30-61-51-42(54-55-53)45(43-40(64-51)31-62-49(66-43)35-17-9-5-10-18-35)68-52-47(60-29-34-23-25-38(57-2)26-24-34)46(59-28-33-15-7-4-8-16-33)44-41(65-52)32-63-50(67-44)36-19-11-6-12-20-36/h3-26,40-47,49-52H,1,27-32H2,2H3/t40-,41-,42-,43-,44-,45-,46+,47+,49-,50-,51+,52+/m1/s1. The highest BCUT2D eigenvalue weighted by atomic mass is 16.8. The number of benzene rings is 5. The van der Waals surface area contributed by atoms with E-state index in [2.05, 4.69) is 16.6 Å². The number of ether oxygens (including phenoxy) is 12. The molecule has 4 heterocycles. The summed E-state index contributed by atoms with van der Waals surface area (Å²) in [5.41, 5.74) is 14.4. The van der Waals surface area contributed by atoms with Crippen LogP contribution in [0, 0.1) is 0 Å². The van der Waals surface area contributed by atoms with E-state index in [0.717, 1.165) is 22.3 Å². The first kappa shape index (κ1) is 47.1. The molecule has 0 bridgehead atoms. The molecular weight excluding hydrogens is 875 g/mol. The number of methoxy groups -OCH3 is 1. The predicted molar refractivity (Wildman–Crippen MR) is 243 cm³/mol. The van der Waals surface area contributed by atoms with Gasteiger partial charge in [-0.15, -0.1) is 0 Å². The van der Waals surface area contributed by atoms with Crippen LogP contribution >= 0.6 is 0 Å². The molecular formula is C52H53N3O13. The molecule has 4 saturated heterocycles. The molecule has 0 radical (unpaired) electrons. The minimum atomic E-state index is -1.22. The predicted octanol–water partition coefficient (Wildman–Crippen LogP) is 8.47. The van der Waals surface area contributed by atoms with E-state index < -0.39 is 79.9 Å². The molecule has 0 aliphatic carbocycles. The molecule has 4 fully saturated rings. The summed E-state index contributed by atoms with van der Waals surface area (Å²) in [5.74, 6) is 0.146. The van der Waals surface area contributed by atoms with E-state index in [4.69, 9.17) is 56.8 Å². The zero-order valence-corrected chi connectivity index (χ0v) is 37.4. The molecule has 0 unspecified atom stereocenters. The number of carbonyl (C=O) groups is 1. The fourth-order valence-electron chi connectivity index (χ4n) is 8.68.